The van der Waals surface area contributed by atoms with E-state index >= 15 is 0 Å². The molecule has 0 unspecified atom stereocenters. The Bertz CT molecular complexity index is 815. The molecule has 0 aliphatic carbocycles. The number of ether oxygens (including phenoxy) is 2. The van der Waals surface area contributed by atoms with Crippen molar-refractivity contribution in [3.63, 3.8) is 0 Å². The quantitative estimate of drug-likeness (QED) is 0.165. The minimum absolute atomic E-state index is 0.177. The van der Waals surface area contributed by atoms with E-state index in [2.05, 4.69) is 6.92 Å². The summed E-state index contributed by atoms with van der Waals surface area (Å²) >= 11 is 0. The first-order valence-corrected chi connectivity index (χ1v) is 14.4. The summed E-state index contributed by atoms with van der Waals surface area (Å²) in [6.07, 6.45) is 21.9. The highest BCUT2D eigenvalue weighted by atomic mass is 16.5. The van der Waals surface area contributed by atoms with E-state index < -0.39 is 5.97 Å². The van der Waals surface area contributed by atoms with Gasteiger partial charge >= 0.3 is 5.97 Å². The van der Waals surface area contributed by atoms with Crippen LogP contribution in [0.2, 0.25) is 0 Å². The van der Waals surface area contributed by atoms with Crippen molar-refractivity contribution in [1.82, 2.24) is 0 Å². The Balaban J connectivity index is 1.42. The predicted molar refractivity (Wildman–Crippen MR) is 149 cm³/mol. The first-order chi connectivity index (χ1) is 17.7. The molecule has 0 aliphatic heterocycles. The largest absolute Gasteiger partial charge is 0.494 e. The molecule has 0 radical (unpaired) electrons. The number of rotatable bonds is 22. The zero-order valence-corrected chi connectivity index (χ0v) is 22.5. The summed E-state index contributed by atoms with van der Waals surface area (Å²) in [5.74, 6) is 0.267. The van der Waals surface area contributed by atoms with Crippen molar-refractivity contribution in [1.29, 1.82) is 0 Å². The van der Waals surface area contributed by atoms with Gasteiger partial charge in [0.05, 0.1) is 6.61 Å². The Morgan fingerprint density at radius 1 is 0.639 bits per heavy atom. The molecule has 4 heteroatoms. The van der Waals surface area contributed by atoms with E-state index in [0.717, 1.165) is 24.3 Å². The van der Waals surface area contributed by atoms with E-state index in [4.69, 9.17) is 9.47 Å². The molecule has 0 amide bonds. The van der Waals surface area contributed by atoms with Crippen LogP contribution in [0.5, 0.6) is 11.5 Å². The number of carboxylic acids is 1. The molecule has 0 fully saturated rings. The average molecular weight is 497 g/mol. The fraction of sp³-hybridized carbons (Fsp3) is 0.594. The molecular weight excluding hydrogens is 448 g/mol. The maximum atomic E-state index is 11.3. The van der Waals surface area contributed by atoms with Crippen LogP contribution in [-0.2, 0) is 6.61 Å². The van der Waals surface area contributed by atoms with Gasteiger partial charge in [-0.05, 0) is 36.2 Å². The molecule has 0 aromatic heterocycles. The highest BCUT2D eigenvalue weighted by molar-refractivity contribution is 5.90. The van der Waals surface area contributed by atoms with E-state index in [1.165, 1.54) is 96.3 Å². The van der Waals surface area contributed by atoms with Gasteiger partial charge in [0.15, 0.2) is 0 Å². The molecule has 1 N–H and O–H groups in total. The SMILES string of the molecule is CCCCCCCCCCCCCCCCCCOc1ccc(COc2ccccc2C(=O)O)cc1. The Hall–Kier alpha value is -2.49. The first-order valence-electron chi connectivity index (χ1n) is 14.4. The summed E-state index contributed by atoms with van der Waals surface area (Å²) < 4.78 is 11.6. The number of benzene rings is 2. The third-order valence-electron chi connectivity index (χ3n) is 6.70. The van der Waals surface area contributed by atoms with Crippen LogP contribution in [0, 0.1) is 0 Å². The highest BCUT2D eigenvalue weighted by Crippen LogP contribution is 2.20. The van der Waals surface area contributed by atoms with E-state index in [1.54, 1.807) is 24.3 Å². The second-order valence-corrected chi connectivity index (χ2v) is 9.89. The van der Waals surface area contributed by atoms with Crippen LogP contribution in [-0.4, -0.2) is 17.7 Å². The van der Waals surface area contributed by atoms with Gasteiger partial charge in [-0.3, -0.25) is 0 Å². The van der Waals surface area contributed by atoms with Gasteiger partial charge in [0.25, 0.3) is 0 Å². The lowest BCUT2D eigenvalue weighted by atomic mass is 10.0. The minimum Gasteiger partial charge on any atom is -0.494 e. The summed E-state index contributed by atoms with van der Waals surface area (Å²) in [7, 11) is 0. The number of carbonyl (C=O) groups is 1. The lowest BCUT2D eigenvalue weighted by Crippen LogP contribution is -2.03. The van der Waals surface area contributed by atoms with Gasteiger partial charge in [-0.15, -0.1) is 0 Å². The standard InChI is InChI=1S/C32H48O4/c1-2-3-4-5-6-7-8-9-10-11-12-13-14-15-16-19-26-35-29-24-22-28(23-25-29)27-36-31-21-18-17-20-30(31)32(33)34/h17-18,20-25H,2-16,19,26-27H2,1H3,(H,33,34). The third-order valence-corrected chi connectivity index (χ3v) is 6.70. The van der Waals surface area contributed by atoms with Crippen LogP contribution in [0.3, 0.4) is 0 Å². The second-order valence-electron chi connectivity index (χ2n) is 9.89. The molecule has 4 nitrogen and oxygen atoms in total. The predicted octanol–water partition coefficient (Wildman–Crippen LogP) is 9.60. The number of hydrogen-bond donors (Lipinski definition) is 1. The zero-order valence-electron chi connectivity index (χ0n) is 22.5. The van der Waals surface area contributed by atoms with Crippen LogP contribution >= 0.6 is 0 Å². The molecule has 36 heavy (non-hydrogen) atoms. The Kier molecular flexibility index (Phi) is 16.2. The number of unbranched alkanes of at least 4 members (excludes halogenated alkanes) is 15. The number of carboxylic acid groups (broad SMARTS) is 1. The lowest BCUT2D eigenvalue weighted by Gasteiger charge is -2.10. The molecule has 0 atom stereocenters. The topological polar surface area (TPSA) is 55.8 Å². The molecule has 0 spiro atoms. The Morgan fingerprint density at radius 2 is 1.14 bits per heavy atom. The Labute approximate surface area is 219 Å². The molecular formula is C32H48O4. The summed E-state index contributed by atoms with van der Waals surface area (Å²) in [4.78, 5) is 11.3. The van der Waals surface area contributed by atoms with Gasteiger partial charge in [-0.2, -0.15) is 0 Å². The number of para-hydroxylation sites is 1. The molecule has 2 rings (SSSR count). The van der Waals surface area contributed by atoms with Crippen molar-refractivity contribution in [3.8, 4) is 11.5 Å². The normalized spacial score (nSPS) is 10.9. The van der Waals surface area contributed by atoms with E-state index in [9.17, 15) is 9.90 Å². The van der Waals surface area contributed by atoms with E-state index in [-0.39, 0.29) is 5.56 Å². The summed E-state index contributed by atoms with van der Waals surface area (Å²) in [6.45, 7) is 3.36. The van der Waals surface area contributed by atoms with Crippen LogP contribution < -0.4 is 9.47 Å². The monoisotopic (exact) mass is 496 g/mol. The van der Waals surface area contributed by atoms with Crippen molar-refractivity contribution in [2.75, 3.05) is 6.61 Å². The van der Waals surface area contributed by atoms with E-state index in [0.29, 0.717) is 12.4 Å². The fourth-order valence-electron chi connectivity index (χ4n) is 4.45. The maximum absolute atomic E-state index is 11.3. The van der Waals surface area contributed by atoms with Gasteiger partial charge in [0.2, 0.25) is 0 Å². The number of hydrogen-bond acceptors (Lipinski definition) is 3. The van der Waals surface area contributed by atoms with Gasteiger partial charge in [0.1, 0.15) is 23.7 Å². The van der Waals surface area contributed by atoms with Gasteiger partial charge in [0, 0.05) is 0 Å². The van der Waals surface area contributed by atoms with Crippen LogP contribution in [0.4, 0.5) is 0 Å². The smallest absolute Gasteiger partial charge is 0.339 e. The van der Waals surface area contributed by atoms with Crippen molar-refractivity contribution in [2.45, 2.75) is 116 Å². The van der Waals surface area contributed by atoms with Crippen molar-refractivity contribution in [2.24, 2.45) is 0 Å². The number of aromatic carboxylic acids is 1. The molecule has 0 aliphatic rings. The van der Waals surface area contributed by atoms with Crippen LogP contribution in [0.1, 0.15) is 126 Å². The third kappa shape index (κ3) is 13.6. The summed E-state index contributed by atoms with van der Waals surface area (Å²) in [5, 5.41) is 9.24. The molecule has 0 bridgehead atoms. The molecule has 200 valence electrons. The summed E-state index contributed by atoms with van der Waals surface area (Å²) in [5.41, 5.74) is 1.15. The van der Waals surface area contributed by atoms with Gasteiger partial charge in [-0.1, -0.05) is 128 Å². The molecule has 0 saturated heterocycles. The van der Waals surface area contributed by atoms with Crippen molar-refractivity contribution < 1.29 is 19.4 Å². The first kappa shape index (κ1) is 29.7. The van der Waals surface area contributed by atoms with Crippen LogP contribution in [0.15, 0.2) is 48.5 Å². The molecule has 2 aromatic carbocycles. The highest BCUT2D eigenvalue weighted by Gasteiger charge is 2.10. The molecule has 2 aromatic rings. The van der Waals surface area contributed by atoms with E-state index in [1.807, 2.05) is 24.3 Å². The zero-order chi connectivity index (χ0) is 25.7. The van der Waals surface area contributed by atoms with Crippen molar-refractivity contribution in [3.05, 3.63) is 59.7 Å². The van der Waals surface area contributed by atoms with Gasteiger partial charge < -0.3 is 14.6 Å². The Morgan fingerprint density at radius 3 is 1.67 bits per heavy atom. The maximum Gasteiger partial charge on any atom is 0.339 e. The minimum atomic E-state index is -0.983. The second kappa shape index (κ2) is 19.7. The lowest BCUT2D eigenvalue weighted by molar-refractivity contribution is 0.0691. The summed E-state index contributed by atoms with van der Waals surface area (Å²) in [6, 6.07) is 14.5. The average Bonchev–Trinajstić information content (AvgIpc) is 2.90. The molecule has 0 heterocycles. The van der Waals surface area contributed by atoms with Crippen LogP contribution in [0.25, 0.3) is 0 Å². The fourth-order valence-corrected chi connectivity index (χ4v) is 4.45. The molecule has 0 saturated carbocycles. The van der Waals surface area contributed by atoms with Gasteiger partial charge in [-0.25, -0.2) is 4.79 Å². The van der Waals surface area contributed by atoms with Crippen molar-refractivity contribution >= 4 is 5.97 Å².